The van der Waals surface area contributed by atoms with E-state index in [1.165, 1.54) is 12.5 Å². The highest BCUT2D eigenvalue weighted by Crippen LogP contribution is 2.31. The van der Waals surface area contributed by atoms with Crippen LogP contribution in [0.15, 0.2) is 48.0 Å². The number of carbonyl (C=O) groups excluding carboxylic acids is 3. The van der Waals surface area contributed by atoms with Gasteiger partial charge in [0.2, 0.25) is 0 Å². The normalized spacial score (nSPS) is 18.2. The van der Waals surface area contributed by atoms with Crippen LogP contribution in [0.3, 0.4) is 0 Å². The van der Waals surface area contributed by atoms with Gasteiger partial charge < -0.3 is 9.64 Å². The zero-order chi connectivity index (χ0) is 22.7. The number of nitrogens with one attached hydrogen (secondary N) is 1. The molecule has 0 radical (unpaired) electrons. The van der Waals surface area contributed by atoms with Gasteiger partial charge in [-0.3, -0.25) is 14.9 Å². The number of barbiturate groups is 1. The van der Waals surface area contributed by atoms with Crippen molar-refractivity contribution in [2.45, 2.75) is 32.6 Å². The molecule has 0 aromatic heterocycles. The Bertz CT molecular complexity index is 1090. The van der Waals surface area contributed by atoms with E-state index in [1.807, 2.05) is 37.3 Å². The van der Waals surface area contributed by atoms with E-state index in [4.69, 9.17) is 4.74 Å². The lowest BCUT2D eigenvalue weighted by Crippen LogP contribution is -2.54. The number of benzene rings is 2. The van der Waals surface area contributed by atoms with Gasteiger partial charge in [-0.05, 0) is 55.5 Å². The van der Waals surface area contributed by atoms with Crippen molar-refractivity contribution in [2.75, 3.05) is 30.0 Å². The number of urea groups is 1. The quantitative estimate of drug-likeness (QED) is 0.571. The first kappa shape index (κ1) is 21.6. The maximum absolute atomic E-state index is 13.3. The van der Waals surface area contributed by atoms with Gasteiger partial charge in [0.1, 0.15) is 11.3 Å². The third-order valence-electron chi connectivity index (χ3n) is 5.95. The van der Waals surface area contributed by atoms with E-state index in [1.54, 1.807) is 19.2 Å². The SMILES string of the molecule is CCc1ccccc1N1C(=O)NC(=O)/C(=C\c2ccc(N3CCCCC3)cc2OC)C1=O. The molecule has 1 N–H and O–H groups in total. The Balaban J connectivity index is 1.70. The summed E-state index contributed by atoms with van der Waals surface area (Å²) in [5.41, 5.74) is 2.86. The van der Waals surface area contributed by atoms with Crippen LogP contribution in [0.2, 0.25) is 0 Å². The van der Waals surface area contributed by atoms with Gasteiger partial charge in [0.15, 0.2) is 0 Å². The lowest BCUT2D eigenvalue weighted by Gasteiger charge is -2.29. The van der Waals surface area contributed by atoms with Gasteiger partial charge in [0.25, 0.3) is 11.8 Å². The van der Waals surface area contributed by atoms with Gasteiger partial charge in [0.05, 0.1) is 12.8 Å². The fourth-order valence-corrected chi connectivity index (χ4v) is 4.23. The lowest BCUT2D eigenvalue weighted by molar-refractivity contribution is -0.122. The molecule has 0 bridgehead atoms. The standard InChI is InChI=1S/C25H27N3O4/c1-3-17-9-5-6-10-21(17)28-24(30)20(23(29)26-25(28)31)15-18-11-12-19(16-22(18)32-2)27-13-7-4-8-14-27/h5-6,9-12,15-16H,3-4,7-8,13-14H2,1-2H3,(H,26,29,31)/b20-15+. The highest BCUT2D eigenvalue weighted by Gasteiger charge is 2.37. The second-order valence-corrected chi connectivity index (χ2v) is 7.91. The summed E-state index contributed by atoms with van der Waals surface area (Å²) in [5.74, 6) is -0.798. The Labute approximate surface area is 187 Å². The minimum absolute atomic E-state index is 0.112. The number of hydrogen-bond acceptors (Lipinski definition) is 5. The number of methoxy groups -OCH3 is 1. The van der Waals surface area contributed by atoms with Gasteiger partial charge in [-0.15, -0.1) is 0 Å². The molecule has 166 valence electrons. The van der Waals surface area contributed by atoms with E-state index in [0.717, 1.165) is 42.1 Å². The number of anilines is 2. The fraction of sp³-hybridized carbons (Fsp3) is 0.320. The van der Waals surface area contributed by atoms with Crippen LogP contribution in [0.5, 0.6) is 5.75 Å². The van der Waals surface area contributed by atoms with Crippen LogP contribution in [-0.2, 0) is 16.0 Å². The molecule has 4 rings (SSSR count). The highest BCUT2D eigenvalue weighted by molar-refractivity contribution is 6.39. The van der Waals surface area contributed by atoms with Gasteiger partial charge in [0, 0.05) is 30.4 Å². The number of carbonyl (C=O) groups is 3. The van der Waals surface area contributed by atoms with Gasteiger partial charge in [-0.1, -0.05) is 25.1 Å². The van der Waals surface area contributed by atoms with Gasteiger partial charge in [-0.25, -0.2) is 9.69 Å². The van der Waals surface area contributed by atoms with Crippen molar-refractivity contribution in [1.29, 1.82) is 0 Å². The van der Waals surface area contributed by atoms with Crippen LogP contribution in [0, 0.1) is 0 Å². The summed E-state index contributed by atoms with van der Waals surface area (Å²) in [4.78, 5) is 41.7. The minimum atomic E-state index is -0.745. The second kappa shape index (κ2) is 9.26. The molecule has 2 aromatic rings. The molecule has 7 nitrogen and oxygen atoms in total. The van der Waals surface area contributed by atoms with Crippen LogP contribution >= 0.6 is 0 Å². The summed E-state index contributed by atoms with van der Waals surface area (Å²) in [6.45, 7) is 3.94. The predicted octanol–water partition coefficient (Wildman–Crippen LogP) is 3.91. The van der Waals surface area contributed by atoms with Crippen LogP contribution in [0.1, 0.15) is 37.3 Å². The summed E-state index contributed by atoms with van der Waals surface area (Å²) in [6, 6.07) is 12.2. The molecule has 2 aliphatic heterocycles. The van der Waals surface area contributed by atoms with Crippen molar-refractivity contribution in [3.63, 3.8) is 0 Å². The molecule has 2 fully saturated rings. The number of rotatable bonds is 5. The average molecular weight is 434 g/mol. The summed E-state index contributed by atoms with van der Waals surface area (Å²) < 4.78 is 5.56. The molecule has 0 saturated carbocycles. The van der Waals surface area contributed by atoms with Crippen molar-refractivity contribution in [3.8, 4) is 5.75 Å². The summed E-state index contributed by atoms with van der Waals surface area (Å²) in [5, 5.41) is 2.29. The third-order valence-corrected chi connectivity index (χ3v) is 5.95. The van der Waals surface area contributed by atoms with Crippen LogP contribution in [0.25, 0.3) is 6.08 Å². The molecule has 2 aliphatic rings. The van der Waals surface area contributed by atoms with E-state index in [9.17, 15) is 14.4 Å². The maximum atomic E-state index is 13.3. The number of nitrogens with zero attached hydrogens (tertiary/aromatic N) is 2. The monoisotopic (exact) mass is 433 g/mol. The molecule has 7 heteroatoms. The van der Waals surface area contributed by atoms with Gasteiger partial charge in [-0.2, -0.15) is 0 Å². The predicted molar refractivity (Wildman–Crippen MR) is 124 cm³/mol. The Morgan fingerprint density at radius 2 is 1.78 bits per heavy atom. The van der Waals surface area contributed by atoms with Crippen molar-refractivity contribution in [2.24, 2.45) is 0 Å². The molecule has 4 amide bonds. The number of aryl methyl sites for hydroxylation is 1. The summed E-state index contributed by atoms with van der Waals surface area (Å²) in [7, 11) is 1.56. The zero-order valence-electron chi connectivity index (χ0n) is 18.4. The Kier molecular flexibility index (Phi) is 6.25. The minimum Gasteiger partial charge on any atom is -0.496 e. The molecular weight excluding hydrogens is 406 g/mol. The number of imide groups is 2. The maximum Gasteiger partial charge on any atom is 0.335 e. The van der Waals surface area contributed by atoms with Crippen LogP contribution < -0.4 is 19.9 Å². The zero-order valence-corrected chi connectivity index (χ0v) is 18.4. The van der Waals surface area contributed by atoms with E-state index < -0.39 is 17.8 Å². The molecule has 0 spiro atoms. The first-order valence-electron chi connectivity index (χ1n) is 11.0. The Morgan fingerprint density at radius 1 is 1.03 bits per heavy atom. The average Bonchev–Trinajstić information content (AvgIpc) is 2.82. The van der Waals surface area contributed by atoms with E-state index in [2.05, 4.69) is 10.2 Å². The largest absolute Gasteiger partial charge is 0.496 e. The summed E-state index contributed by atoms with van der Waals surface area (Å²) in [6.07, 6.45) is 5.69. The Hall–Kier alpha value is -3.61. The molecule has 2 aromatic carbocycles. The first-order valence-corrected chi connectivity index (χ1v) is 11.0. The topological polar surface area (TPSA) is 79.0 Å². The van der Waals surface area contributed by atoms with Crippen molar-refractivity contribution >= 4 is 35.3 Å². The summed E-state index contributed by atoms with van der Waals surface area (Å²) >= 11 is 0. The number of piperidine rings is 1. The molecule has 0 aliphatic carbocycles. The van der Waals surface area contributed by atoms with E-state index >= 15 is 0 Å². The fourth-order valence-electron chi connectivity index (χ4n) is 4.23. The number of hydrogen-bond donors (Lipinski definition) is 1. The smallest absolute Gasteiger partial charge is 0.335 e. The lowest BCUT2D eigenvalue weighted by atomic mass is 10.0. The van der Waals surface area contributed by atoms with Crippen molar-refractivity contribution in [1.82, 2.24) is 5.32 Å². The number of amides is 4. The van der Waals surface area contributed by atoms with Gasteiger partial charge >= 0.3 is 6.03 Å². The van der Waals surface area contributed by atoms with E-state index in [-0.39, 0.29) is 5.57 Å². The molecule has 2 heterocycles. The Morgan fingerprint density at radius 3 is 2.50 bits per heavy atom. The number of ether oxygens (including phenoxy) is 1. The third kappa shape index (κ3) is 4.10. The van der Waals surface area contributed by atoms with Crippen LogP contribution in [0.4, 0.5) is 16.2 Å². The molecule has 32 heavy (non-hydrogen) atoms. The number of para-hydroxylation sites is 1. The molecule has 2 saturated heterocycles. The van der Waals surface area contributed by atoms with E-state index in [0.29, 0.717) is 23.4 Å². The molecule has 0 atom stereocenters. The first-order chi connectivity index (χ1) is 15.5. The van der Waals surface area contributed by atoms with Crippen molar-refractivity contribution in [3.05, 3.63) is 59.2 Å². The molecule has 0 unspecified atom stereocenters. The molecular formula is C25H27N3O4. The van der Waals surface area contributed by atoms with Crippen LogP contribution in [-0.4, -0.2) is 38.0 Å². The second-order valence-electron chi connectivity index (χ2n) is 7.91. The van der Waals surface area contributed by atoms with Crippen molar-refractivity contribution < 1.29 is 19.1 Å². The highest BCUT2D eigenvalue weighted by atomic mass is 16.5.